The number of benzene rings is 2. The molecule has 4 rings (SSSR count). The highest BCUT2D eigenvalue weighted by atomic mass is 35.5. The van der Waals surface area contributed by atoms with Crippen LogP contribution in [0.15, 0.2) is 36.4 Å². The Morgan fingerprint density at radius 1 is 1.03 bits per heavy atom. The zero-order valence-corrected chi connectivity index (χ0v) is 18.0. The largest absolute Gasteiger partial charge is 0.408 e. The van der Waals surface area contributed by atoms with Crippen molar-refractivity contribution in [1.29, 1.82) is 0 Å². The third-order valence-corrected chi connectivity index (χ3v) is 6.15. The van der Waals surface area contributed by atoms with Crippen molar-refractivity contribution in [2.24, 2.45) is 0 Å². The first-order chi connectivity index (χ1) is 15.0. The lowest BCUT2D eigenvalue weighted by Crippen LogP contribution is -2.43. The van der Waals surface area contributed by atoms with Crippen LogP contribution in [0.5, 0.6) is 0 Å². The molecule has 0 aliphatic carbocycles. The number of rotatable bonds is 4. The molecule has 1 atom stereocenters. The molecule has 168 valence electrons. The van der Waals surface area contributed by atoms with Gasteiger partial charge in [-0.3, -0.25) is 14.5 Å². The lowest BCUT2D eigenvalue weighted by molar-refractivity contribution is -0.172. The summed E-state index contributed by atoms with van der Waals surface area (Å²) in [6, 6.07) is 8.17. The third kappa shape index (κ3) is 3.81. The number of alkyl halides is 3. The number of carbonyl (C=O) groups excluding carboxylic acids is 3. The highest BCUT2D eigenvalue weighted by molar-refractivity contribution is 6.34. The van der Waals surface area contributed by atoms with Gasteiger partial charge in [0.1, 0.15) is 12.6 Å². The Labute approximate surface area is 187 Å². The lowest BCUT2D eigenvalue weighted by atomic mass is 9.99. The van der Waals surface area contributed by atoms with E-state index >= 15 is 0 Å². The van der Waals surface area contributed by atoms with E-state index in [1.807, 2.05) is 0 Å². The van der Waals surface area contributed by atoms with Crippen LogP contribution >= 0.6 is 11.6 Å². The van der Waals surface area contributed by atoms with Gasteiger partial charge >= 0.3 is 12.2 Å². The fourth-order valence-electron chi connectivity index (χ4n) is 3.89. The Morgan fingerprint density at radius 3 is 2.25 bits per heavy atom. The Kier molecular flexibility index (Phi) is 5.40. The van der Waals surface area contributed by atoms with Gasteiger partial charge in [0, 0.05) is 20.1 Å². The van der Waals surface area contributed by atoms with Crippen molar-refractivity contribution in [1.82, 2.24) is 14.7 Å². The maximum Gasteiger partial charge on any atom is 0.408 e. The normalized spacial score (nSPS) is 17.4. The zero-order chi connectivity index (χ0) is 23.4. The number of hydrogen-bond donors (Lipinski definition) is 0. The standard InChI is InChI=1S/C22H19ClF3N3O3/c1-12(22(24,25)26)29-10-16-7-15(8-17(23)19(16)20(29)31)14-5-3-13(4-6-14)9-28-11-18(30)27(2)21(28)32/h3-8,12H,9-11H2,1-2H3/t12-/m0/s1. The maximum absolute atomic E-state index is 13.1. The number of hydrogen-bond acceptors (Lipinski definition) is 3. The SMILES string of the molecule is C[C@H](N1Cc2cc(-c3ccc(CN4CC(=O)N(C)C4=O)cc3)cc(Cl)c2C1=O)C(F)(F)F. The molecular weight excluding hydrogens is 447 g/mol. The molecule has 2 aliphatic rings. The number of fused-ring (bicyclic) bond motifs is 1. The summed E-state index contributed by atoms with van der Waals surface area (Å²) in [7, 11) is 1.44. The molecule has 6 nitrogen and oxygen atoms in total. The number of urea groups is 1. The molecule has 2 aliphatic heterocycles. The van der Waals surface area contributed by atoms with Gasteiger partial charge in [-0.05, 0) is 41.3 Å². The van der Waals surface area contributed by atoms with E-state index in [2.05, 4.69) is 0 Å². The molecule has 2 aromatic carbocycles. The molecule has 1 saturated heterocycles. The van der Waals surface area contributed by atoms with Crippen molar-refractivity contribution in [3.05, 3.63) is 58.1 Å². The maximum atomic E-state index is 13.1. The molecule has 2 heterocycles. The second kappa shape index (κ2) is 7.81. The van der Waals surface area contributed by atoms with Gasteiger partial charge in [0.2, 0.25) is 5.91 Å². The summed E-state index contributed by atoms with van der Waals surface area (Å²) in [5.74, 6) is -0.991. The number of imide groups is 1. The first-order valence-corrected chi connectivity index (χ1v) is 10.2. The predicted octanol–water partition coefficient (Wildman–Crippen LogP) is 4.31. The van der Waals surface area contributed by atoms with Crippen molar-refractivity contribution < 1.29 is 27.6 Å². The molecule has 2 aromatic rings. The second-order valence-electron chi connectivity index (χ2n) is 7.93. The molecule has 1 fully saturated rings. The van der Waals surface area contributed by atoms with Crippen molar-refractivity contribution in [3.63, 3.8) is 0 Å². The van der Waals surface area contributed by atoms with Gasteiger partial charge < -0.3 is 9.80 Å². The van der Waals surface area contributed by atoms with Gasteiger partial charge in [-0.25, -0.2) is 4.79 Å². The minimum atomic E-state index is -4.53. The fraction of sp³-hybridized carbons (Fsp3) is 0.318. The van der Waals surface area contributed by atoms with Gasteiger partial charge in [-0.2, -0.15) is 13.2 Å². The van der Waals surface area contributed by atoms with Crippen molar-refractivity contribution in [2.45, 2.75) is 32.2 Å². The number of halogens is 4. The molecule has 0 aromatic heterocycles. The van der Waals surface area contributed by atoms with Crippen molar-refractivity contribution in [3.8, 4) is 11.1 Å². The lowest BCUT2D eigenvalue weighted by Gasteiger charge is -2.26. The van der Waals surface area contributed by atoms with Gasteiger partial charge in [0.25, 0.3) is 5.91 Å². The van der Waals surface area contributed by atoms with Gasteiger partial charge in [-0.15, -0.1) is 0 Å². The quantitative estimate of drug-likeness (QED) is 0.632. The van der Waals surface area contributed by atoms with Crippen LogP contribution in [0.2, 0.25) is 5.02 Å². The van der Waals surface area contributed by atoms with Crippen LogP contribution in [0.1, 0.15) is 28.4 Å². The smallest absolute Gasteiger partial charge is 0.322 e. The molecule has 0 unspecified atom stereocenters. The van der Waals surface area contributed by atoms with Crippen LogP contribution in [0.25, 0.3) is 11.1 Å². The van der Waals surface area contributed by atoms with Crippen LogP contribution in [-0.2, 0) is 17.9 Å². The summed E-state index contributed by atoms with van der Waals surface area (Å²) >= 11 is 6.28. The number of carbonyl (C=O) groups is 3. The zero-order valence-electron chi connectivity index (χ0n) is 17.2. The van der Waals surface area contributed by atoms with E-state index in [0.717, 1.165) is 27.9 Å². The number of likely N-dealkylation sites (N-methyl/N-ethyl adjacent to an activating group) is 1. The molecule has 0 bridgehead atoms. The first kappa shape index (κ1) is 22.1. The molecule has 4 amide bonds. The minimum absolute atomic E-state index is 0.0262. The van der Waals surface area contributed by atoms with Gasteiger partial charge in [0.15, 0.2) is 0 Å². The highest BCUT2D eigenvalue weighted by Crippen LogP contribution is 2.37. The van der Waals surface area contributed by atoms with E-state index in [9.17, 15) is 27.6 Å². The summed E-state index contributed by atoms with van der Waals surface area (Å²) in [6.45, 7) is 1.09. The van der Waals surface area contributed by atoms with Crippen molar-refractivity contribution >= 4 is 29.4 Å². The summed E-state index contributed by atoms with van der Waals surface area (Å²) in [5, 5.41) is 0.104. The van der Waals surface area contributed by atoms with Gasteiger partial charge in [0.05, 0.1) is 10.6 Å². The second-order valence-corrected chi connectivity index (χ2v) is 8.34. The Hall–Kier alpha value is -3.07. The molecular formula is C22H19ClF3N3O3. The van der Waals surface area contributed by atoms with Crippen LogP contribution < -0.4 is 0 Å². The molecule has 32 heavy (non-hydrogen) atoms. The number of nitrogens with zero attached hydrogens (tertiary/aromatic N) is 3. The molecule has 0 spiro atoms. The minimum Gasteiger partial charge on any atom is -0.322 e. The summed E-state index contributed by atoms with van der Waals surface area (Å²) < 4.78 is 39.4. The van der Waals surface area contributed by atoms with Gasteiger partial charge in [-0.1, -0.05) is 35.9 Å². The monoisotopic (exact) mass is 465 g/mol. The number of amides is 4. The highest BCUT2D eigenvalue weighted by Gasteiger charge is 2.45. The predicted molar refractivity (Wildman–Crippen MR) is 111 cm³/mol. The Morgan fingerprint density at radius 2 is 1.69 bits per heavy atom. The van der Waals surface area contributed by atoms with Crippen LogP contribution in [0, 0.1) is 0 Å². The Balaban J connectivity index is 1.55. The van der Waals surface area contributed by atoms with E-state index in [0.29, 0.717) is 11.1 Å². The van der Waals surface area contributed by atoms with E-state index in [1.165, 1.54) is 11.9 Å². The van der Waals surface area contributed by atoms with E-state index < -0.39 is 18.1 Å². The first-order valence-electron chi connectivity index (χ1n) is 9.82. The Bertz CT molecular complexity index is 1120. The summed E-state index contributed by atoms with van der Waals surface area (Å²) in [6.07, 6.45) is -4.53. The fourth-order valence-corrected chi connectivity index (χ4v) is 4.20. The van der Waals surface area contributed by atoms with Crippen molar-refractivity contribution in [2.75, 3.05) is 13.6 Å². The van der Waals surface area contributed by atoms with E-state index in [1.54, 1.807) is 36.4 Å². The molecule has 10 heteroatoms. The average molecular weight is 466 g/mol. The van der Waals surface area contributed by atoms with Crippen LogP contribution in [0.3, 0.4) is 0 Å². The molecule has 0 radical (unpaired) electrons. The molecule has 0 N–H and O–H groups in total. The summed E-state index contributed by atoms with van der Waals surface area (Å²) in [4.78, 5) is 39.5. The average Bonchev–Trinajstić information content (AvgIpc) is 3.19. The van der Waals surface area contributed by atoms with Crippen LogP contribution in [-0.4, -0.2) is 58.4 Å². The van der Waals surface area contributed by atoms with Crippen LogP contribution in [0.4, 0.5) is 18.0 Å². The molecule has 0 saturated carbocycles. The topological polar surface area (TPSA) is 60.9 Å². The third-order valence-electron chi connectivity index (χ3n) is 5.85. The summed E-state index contributed by atoms with van der Waals surface area (Å²) in [5.41, 5.74) is 2.79. The van der Waals surface area contributed by atoms with E-state index in [-0.39, 0.29) is 42.2 Å². The van der Waals surface area contributed by atoms with E-state index in [4.69, 9.17) is 11.6 Å².